The van der Waals surface area contributed by atoms with E-state index >= 15 is 0 Å². The molecule has 1 aliphatic carbocycles. The van der Waals surface area contributed by atoms with Crippen molar-refractivity contribution in [3.05, 3.63) is 11.9 Å². The highest BCUT2D eigenvalue weighted by Crippen LogP contribution is 2.31. The van der Waals surface area contributed by atoms with Crippen LogP contribution in [0.1, 0.15) is 44.9 Å². The van der Waals surface area contributed by atoms with E-state index in [0.29, 0.717) is 19.8 Å². The van der Waals surface area contributed by atoms with E-state index in [2.05, 4.69) is 10.2 Å². The number of fused-ring (bicyclic) bond motifs is 1. The van der Waals surface area contributed by atoms with Gasteiger partial charge in [0.25, 0.3) is 5.91 Å². The van der Waals surface area contributed by atoms with Gasteiger partial charge in [-0.25, -0.2) is 4.79 Å². The van der Waals surface area contributed by atoms with Crippen LogP contribution in [0.25, 0.3) is 0 Å². The Labute approximate surface area is 171 Å². The van der Waals surface area contributed by atoms with Gasteiger partial charge in [0.1, 0.15) is 11.7 Å². The number of carbonyl (C=O) groups excluding carboxylic acids is 2. The maximum absolute atomic E-state index is 13.1. The third-order valence-corrected chi connectivity index (χ3v) is 6.76. The van der Waals surface area contributed by atoms with Crippen molar-refractivity contribution in [1.82, 2.24) is 24.9 Å². The minimum absolute atomic E-state index is 0.0757. The molecule has 9 heteroatoms. The minimum Gasteiger partial charge on any atom is -0.465 e. The molecule has 0 aromatic carbocycles. The minimum atomic E-state index is -1.13. The van der Waals surface area contributed by atoms with Crippen molar-refractivity contribution < 1.29 is 19.5 Å². The zero-order valence-electron chi connectivity index (χ0n) is 17.0. The van der Waals surface area contributed by atoms with Crippen LogP contribution in [0, 0.1) is 5.92 Å². The average Bonchev–Trinajstić information content (AvgIpc) is 3.23. The lowest BCUT2D eigenvalue weighted by atomic mass is 9.83. The molecule has 2 saturated heterocycles. The second-order valence-electron chi connectivity index (χ2n) is 8.75. The number of carbonyl (C=O) groups is 3. The van der Waals surface area contributed by atoms with E-state index in [9.17, 15) is 19.5 Å². The number of piperidine rings is 1. The summed E-state index contributed by atoms with van der Waals surface area (Å²) in [5.74, 6) is 0.0588. The van der Waals surface area contributed by atoms with Crippen molar-refractivity contribution >= 4 is 17.9 Å². The van der Waals surface area contributed by atoms with Gasteiger partial charge in [-0.2, -0.15) is 0 Å². The van der Waals surface area contributed by atoms with Crippen molar-refractivity contribution in [3.63, 3.8) is 0 Å². The first kappa shape index (κ1) is 19.8. The zero-order chi connectivity index (χ0) is 20.5. The largest absolute Gasteiger partial charge is 0.465 e. The first-order valence-electron chi connectivity index (χ1n) is 10.7. The monoisotopic (exact) mass is 405 g/mol. The Balaban J connectivity index is 1.35. The van der Waals surface area contributed by atoms with E-state index in [1.165, 1.54) is 0 Å². The van der Waals surface area contributed by atoms with Crippen LogP contribution in [0.4, 0.5) is 4.79 Å². The second kappa shape index (κ2) is 8.12. The van der Waals surface area contributed by atoms with Gasteiger partial charge in [-0.1, -0.05) is 19.3 Å². The summed E-state index contributed by atoms with van der Waals surface area (Å²) >= 11 is 0. The van der Waals surface area contributed by atoms with Gasteiger partial charge in [-0.05, 0) is 31.6 Å². The molecule has 0 aromatic heterocycles. The van der Waals surface area contributed by atoms with Gasteiger partial charge in [-0.3, -0.25) is 9.59 Å². The molecule has 1 atom stereocenters. The molecule has 3 heterocycles. The summed E-state index contributed by atoms with van der Waals surface area (Å²) < 4.78 is 0. The molecule has 0 aromatic rings. The molecular weight excluding hydrogens is 374 g/mol. The van der Waals surface area contributed by atoms with Crippen LogP contribution < -0.4 is 5.32 Å². The van der Waals surface area contributed by atoms with Crippen LogP contribution in [0.2, 0.25) is 0 Å². The molecule has 3 fully saturated rings. The molecule has 2 N–H and O–H groups in total. The smallest absolute Gasteiger partial charge is 0.405 e. The van der Waals surface area contributed by atoms with E-state index < -0.39 is 12.1 Å². The molecule has 0 radical (unpaired) electrons. The summed E-state index contributed by atoms with van der Waals surface area (Å²) in [6, 6.07) is -0.521. The zero-order valence-corrected chi connectivity index (χ0v) is 17.0. The fourth-order valence-corrected chi connectivity index (χ4v) is 5.24. The molecule has 0 spiro atoms. The number of hydrogen-bond acceptors (Lipinski definition) is 5. The van der Waals surface area contributed by atoms with Gasteiger partial charge >= 0.3 is 6.09 Å². The molecule has 3 aliphatic heterocycles. The second-order valence-corrected chi connectivity index (χ2v) is 8.75. The highest BCUT2D eigenvalue weighted by atomic mass is 16.4. The standard InChI is InChI=1S/C20H31N5O4/c1-22-11-16-18(26)25(13-24(16)12-22)15-7-9-23(10-8-15)19(27)17(21-20(28)29)14-5-3-2-4-6-14/h11,14-15,17,21H,2-10,12-13H2,1H3,(H,28,29)/t17-/m1/s1. The highest BCUT2D eigenvalue weighted by Gasteiger charge is 2.42. The average molecular weight is 405 g/mol. The summed E-state index contributed by atoms with van der Waals surface area (Å²) in [6.07, 6.45) is 7.29. The van der Waals surface area contributed by atoms with Gasteiger partial charge in [0.2, 0.25) is 5.91 Å². The van der Waals surface area contributed by atoms with Crippen LogP contribution >= 0.6 is 0 Å². The molecule has 1 saturated carbocycles. The third-order valence-electron chi connectivity index (χ3n) is 6.76. The predicted octanol–water partition coefficient (Wildman–Crippen LogP) is 1.04. The molecule has 0 unspecified atom stereocenters. The molecule has 3 amide bonds. The number of rotatable bonds is 4. The topological polar surface area (TPSA) is 96.4 Å². The number of nitrogens with one attached hydrogen (secondary N) is 1. The van der Waals surface area contributed by atoms with Crippen molar-refractivity contribution in [2.45, 2.75) is 57.0 Å². The fourth-order valence-electron chi connectivity index (χ4n) is 5.24. The Bertz CT molecular complexity index is 697. The number of carboxylic acid groups (broad SMARTS) is 1. The maximum Gasteiger partial charge on any atom is 0.405 e. The first-order chi connectivity index (χ1) is 13.9. The first-order valence-corrected chi connectivity index (χ1v) is 10.7. The van der Waals surface area contributed by atoms with Crippen molar-refractivity contribution in [2.75, 3.05) is 33.5 Å². The van der Waals surface area contributed by atoms with Crippen LogP contribution in [-0.2, 0) is 9.59 Å². The molecule has 4 aliphatic rings. The van der Waals surface area contributed by atoms with Crippen LogP contribution in [-0.4, -0.2) is 88.2 Å². The molecule has 9 nitrogen and oxygen atoms in total. The van der Waals surface area contributed by atoms with Crippen LogP contribution in [0.5, 0.6) is 0 Å². The van der Waals surface area contributed by atoms with E-state index in [-0.39, 0.29) is 23.8 Å². The number of hydrogen-bond donors (Lipinski definition) is 2. The molecular formula is C20H31N5O4. The third kappa shape index (κ3) is 4.00. The lowest BCUT2D eigenvalue weighted by molar-refractivity contribution is -0.137. The number of likely N-dealkylation sites (tertiary alicyclic amines) is 1. The SMILES string of the molecule is CN1C=C2C(=O)N(C3CCN(C(=O)[C@H](NC(=O)O)C4CCCCC4)CC3)CN2C1. The molecule has 0 bridgehead atoms. The molecule has 4 rings (SSSR count). The fraction of sp³-hybridized carbons (Fsp3) is 0.750. The van der Waals surface area contributed by atoms with E-state index in [1.54, 1.807) is 4.90 Å². The van der Waals surface area contributed by atoms with Crippen LogP contribution in [0.3, 0.4) is 0 Å². The lowest BCUT2D eigenvalue weighted by Crippen LogP contribution is -2.55. The summed E-state index contributed by atoms with van der Waals surface area (Å²) in [5.41, 5.74) is 0.758. The summed E-state index contributed by atoms with van der Waals surface area (Å²) in [4.78, 5) is 44.9. The van der Waals surface area contributed by atoms with E-state index in [1.807, 2.05) is 23.0 Å². The van der Waals surface area contributed by atoms with E-state index in [0.717, 1.165) is 57.3 Å². The Morgan fingerprint density at radius 1 is 1.10 bits per heavy atom. The number of nitrogens with zero attached hydrogens (tertiary/aromatic N) is 4. The van der Waals surface area contributed by atoms with Gasteiger partial charge < -0.3 is 30.0 Å². The summed E-state index contributed by atoms with van der Waals surface area (Å²) in [5, 5.41) is 11.7. The highest BCUT2D eigenvalue weighted by molar-refractivity contribution is 5.95. The Kier molecular flexibility index (Phi) is 5.56. The van der Waals surface area contributed by atoms with Crippen molar-refractivity contribution in [2.24, 2.45) is 5.92 Å². The summed E-state index contributed by atoms with van der Waals surface area (Å²) in [7, 11) is 1.96. The predicted molar refractivity (Wildman–Crippen MR) is 105 cm³/mol. The van der Waals surface area contributed by atoms with Crippen molar-refractivity contribution in [3.8, 4) is 0 Å². The molecule has 29 heavy (non-hydrogen) atoms. The van der Waals surface area contributed by atoms with E-state index in [4.69, 9.17) is 0 Å². The lowest BCUT2D eigenvalue weighted by Gasteiger charge is -2.39. The maximum atomic E-state index is 13.1. The molecule has 160 valence electrons. The Hall–Kier alpha value is -2.45. The quantitative estimate of drug-likeness (QED) is 0.726. The Morgan fingerprint density at radius 3 is 2.41 bits per heavy atom. The summed E-state index contributed by atoms with van der Waals surface area (Å²) in [6.45, 7) is 2.48. The number of amides is 3. The Morgan fingerprint density at radius 2 is 1.79 bits per heavy atom. The van der Waals surface area contributed by atoms with Gasteiger partial charge in [0.15, 0.2) is 0 Å². The normalized spacial score (nSPS) is 24.6. The van der Waals surface area contributed by atoms with Crippen LogP contribution in [0.15, 0.2) is 11.9 Å². The van der Waals surface area contributed by atoms with Gasteiger partial charge in [0.05, 0.1) is 13.3 Å². The van der Waals surface area contributed by atoms with Gasteiger partial charge in [0, 0.05) is 32.4 Å². The van der Waals surface area contributed by atoms with Crippen molar-refractivity contribution in [1.29, 1.82) is 0 Å². The van der Waals surface area contributed by atoms with Gasteiger partial charge in [-0.15, -0.1) is 0 Å².